The molecule has 0 unspecified atom stereocenters. The first-order chi connectivity index (χ1) is 16.5. The first kappa shape index (κ1) is 22.6. The minimum atomic E-state index is -4.29. The Bertz CT molecular complexity index is 1220. The summed E-state index contributed by atoms with van der Waals surface area (Å²) in [6.07, 6.45) is -4.29. The molecule has 1 fully saturated rings. The predicted molar refractivity (Wildman–Crippen MR) is 127 cm³/mol. The van der Waals surface area contributed by atoms with Gasteiger partial charge in [-0.3, -0.25) is 9.80 Å². The molecular formula is C27H27F3N4. The van der Waals surface area contributed by atoms with Gasteiger partial charge in [-0.2, -0.15) is 13.2 Å². The number of para-hydroxylation sites is 2. The van der Waals surface area contributed by atoms with Gasteiger partial charge in [-0.25, -0.2) is 4.98 Å². The number of halogens is 3. The van der Waals surface area contributed by atoms with Crippen molar-refractivity contribution in [3.05, 3.63) is 101 Å². The topological polar surface area (TPSA) is 24.3 Å². The van der Waals surface area contributed by atoms with E-state index in [0.29, 0.717) is 6.54 Å². The second-order valence-corrected chi connectivity index (χ2v) is 8.84. The quantitative estimate of drug-likeness (QED) is 0.381. The SMILES string of the molecule is FC(F)(F)c1ccc(CN2CCN(Cc3nc4ccccc4n3Cc3ccccc3)CC2)cc1. The molecule has 1 aliphatic heterocycles. The summed E-state index contributed by atoms with van der Waals surface area (Å²) in [5.41, 5.74) is 3.70. The number of alkyl halides is 3. The molecular weight excluding hydrogens is 437 g/mol. The van der Waals surface area contributed by atoms with E-state index in [1.165, 1.54) is 17.7 Å². The molecule has 1 aromatic heterocycles. The maximum absolute atomic E-state index is 12.8. The van der Waals surface area contributed by atoms with Crippen LogP contribution < -0.4 is 0 Å². The summed E-state index contributed by atoms with van der Waals surface area (Å²) in [7, 11) is 0. The number of fused-ring (bicyclic) bond motifs is 1. The van der Waals surface area contributed by atoms with Crippen molar-refractivity contribution in [2.45, 2.75) is 25.8 Å². The standard InChI is InChI=1S/C27H27F3N4/c28-27(29,30)23-12-10-22(11-13-23)18-32-14-16-33(17-15-32)20-26-31-24-8-4-5-9-25(24)34(26)19-21-6-2-1-3-7-21/h1-13H,14-20H2. The first-order valence-corrected chi connectivity index (χ1v) is 11.5. The van der Waals surface area contributed by atoms with Crippen molar-refractivity contribution in [1.29, 1.82) is 0 Å². The van der Waals surface area contributed by atoms with Crippen LogP contribution in [-0.2, 0) is 25.8 Å². The summed E-state index contributed by atoms with van der Waals surface area (Å²) in [5, 5.41) is 0. The number of imidazole rings is 1. The van der Waals surface area contributed by atoms with Gasteiger partial charge in [0.25, 0.3) is 0 Å². The number of hydrogen-bond donors (Lipinski definition) is 0. The van der Waals surface area contributed by atoms with Crippen molar-refractivity contribution >= 4 is 11.0 Å². The van der Waals surface area contributed by atoms with Gasteiger partial charge in [0.2, 0.25) is 0 Å². The normalized spacial score (nSPS) is 15.7. The minimum Gasteiger partial charge on any atom is -0.322 e. The zero-order valence-electron chi connectivity index (χ0n) is 18.9. The smallest absolute Gasteiger partial charge is 0.322 e. The number of piperazine rings is 1. The molecule has 2 heterocycles. The van der Waals surface area contributed by atoms with Gasteiger partial charge in [-0.05, 0) is 35.4 Å². The van der Waals surface area contributed by atoms with Gasteiger partial charge < -0.3 is 4.57 Å². The van der Waals surface area contributed by atoms with E-state index in [2.05, 4.69) is 56.8 Å². The lowest BCUT2D eigenvalue weighted by Crippen LogP contribution is -2.45. The average molecular weight is 465 g/mol. The van der Waals surface area contributed by atoms with Gasteiger partial charge in [-0.1, -0.05) is 54.6 Å². The second-order valence-electron chi connectivity index (χ2n) is 8.84. The molecule has 34 heavy (non-hydrogen) atoms. The molecule has 1 aliphatic rings. The van der Waals surface area contributed by atoms with E-state index in [1.54, 1.807) is 12.1 Å². The zero-order valence-corrected chi connectivity index (χ0v) is 18.9. The summed E-state index contributed by atoms with van der Waals surface area (Å²) >= 11 is 0. The Morgan fingerprint density at radius 3 is 1.91 bits per heavy atom. The summed E-state index contributed by atoms with van der Waals surface area (Å²) in [4.78, 5) is 9.64. The second kappa shape index (κ2) is 9.60. The van der Waals surface area contributed by atoms with Crippen LogP contribution >= 0.6 is 0 Å². The number of hydrogen-bond acceptors (Lipinski definition) is 3. The van der Waals surface area contributed by atoms with Gasteiger partial charge in [0.1, 0.15) is 5.82 Å². The van der Waals surface area contributed by atoms with Crippen molar-refractivity contribution < 1.29 is 13.2 Å². The molecule has 0 spiro atoms. The molecule has 0 amide bonds. The van der Waals surface area contributed by atoms with Crippen molar-refractivity contribution in [3.8, 4) is 0 Å². The van der Waals surface area contributed by atoms with Crippen LogP contribution in [0.3, 0.4) is 0 Å². The first-order valence-electron chi connectivity index (χ1n) is 11.5. The molecule has 0 saturated carbocycles. The van der Waals surface area contributed by atoms with Gasteiger partial charge in [0.05, 0.1) is 23.1 Å². The highest BCUT2D eigenvalue weighted by Gasteiger charge is 2.30. The number of rotatable bonds is 6. The lowest BCUT2D eigenvalue weighted by molar-refractivity contribution is -0.137. The molecule has 1 saturated heterocycles. The fraction of sp³-hybridized carbons (Fsp3) is 0.296. The fourth-order valence-electron chi connectivity index (χ4n) is 4.55. The maximum atomic E-state index is 12.8. The van der Waals surface area contributed by atoms with Crippen molar-refractivity contribution in [2.24, 2.45) is 0 Å². The monoisotopic (exact) mass is 464 g/mol. The van der Waals surface area contributed by atoms with E-state index < -0.39 is 11.7 Å². The molecule has 5 rings (SSSR count). The lowest BCUT2D eigenvalue weighted by Gasteiger charge is -2.34. The zero-order chi connectivity index (χ0) is 23.5. The molecule has 0 N–H and O–H groups in total. The van der Waals surface area contributed by atoms with Crippen molar-refractivity contribution in [3.63, 3.8) is 0 Å². The van der Waals surface area contributed by atoms with Gasteiger partial charge in [0.15, 0.2) is 0 Å². The highest BCUT2D eigenvalue weighted by molar-refractivity contribution is 5.76. The van der Waals surface area contributed by atoms with E-state index in [1.807, 2.05) is 12.1 Å². The Labute approximate surface area is 197 Å². The van der Waals surface area contributed by atoms with Crippen molar-refractivity contribution in [2.75, 3.05) is 26.2 Å². The summed E-state index contributed by atoms with van der Waals surface area (Å²) in [6.45, 7) is 5.77. The molecule has 3 aromatic carbocycles. The molecule has 7 heteroatoms. The van der Waals surface area contributed by atoms with Crippen LogP contribution in [0.15, 0.2) is 78.9 Å². The van der Waals surface area contributed by atoms with Crippen LogP contribution in [0.4, 0.5) is 13.2 Å². The van der Waals surface area contributed by atoms with E-state index in [-0.39, 0.29) is 0 Å². The van der Waals surface area contributed by atoms with E-state index in [9.17, 15) is 13.2 Å². The van der Waals surface area contributed by atoms with E-state index in [4.69, 9.17) is 4.98 Å². The molecule has 4 nitrogen and oxygen atoms in total. The van der Waals surface area contributed by atoms with Crippen LogP contribution in [0, 0.1) is 0 Å². The van der Waals surface area contributed by atoms with Gasteiger partial charge >= 0.3 is 6.18 Å². The summed E-state index contributed by atoms with van der Waals surface area (Å²) in [5.74, 6) is 1.06. The molecule has 0 aliphatic carbocycles. The Balaban J connectivity index is 1.23. The van der Waals surface area contributed by atoms with Crippen LogP contribution in [0.25, 0.3) is 11.0 Å². The molecule has 176 valence electrons. The molecule has 0 atom stereocenters. The Kier molecular flexibility index (Phi) is 6.39. The van der Waals surface area contributed by atoms with Gasteiger partial charge in [0, 0.05) is 39.3 Å². The molecule has 0 bridgehead atoms. The predicted octanol–water partition coefficient (Wildman–Crippen LogP) is 5.42. The van der Waals surface area contributed by atoms with Gasteiger partial charge in [-0.15, -0.1) is 0 Å². The number of benzene rings is 3. The third-order valence-electron chi connectivity index (χ3n) is 6.43. The number of nitrogens with zero attached hydrogens (tertiary/aromatic N) is 4. The Morgan fingerprint density at radius 2 is 1.24 bits per heavy atom. The van der Waals surface area contributed by atoms with E-state index >= 15 is 0 Å². The highest BCUT2D eigenvalue weighted by atomic mass is 19.4. The van der Waals surface area contributed by atoms with Crippen molar-refractivity contribution in [1.82, 2.24) is 19.4 Å². The summed E-state index contributed by atoms with van der Waals surface area (Å²) < 4.78 is 40.7. The van der Waals surface area contributed by atoms with Crippen LogP contribution in [0.5, 0.6) is 0 Å². The highest BCUT2D eigenvalue weighted by Crippen LogP contribution is 2.29. The third kappa shape index (κ3) is 5.16. The maximum Gasteiger partial charge on any atom is 0.416 e. The van der Waals surface area contributed by atoms with Crippen LogP contribution in [-0.4, -0.2) is 45.5 Å². The van der Waals surface area contributed by atoms with Crippen LogP contribution in [0.1, 0.15) is 22.5 Å². The lowest BCUT2D eigenvalue weighted by atomic mass is 10.1. The largest absolute Gasteiger partial charge is 0.416 e. The van der Waals surface area contributed by atoms with E-state index in [0.717, 1.165) is 61.7 Å². The fourth-order valence-corrected chi connectivity index (χ4v) is 4.55. The average Bonchev–Trinajstić information content (AvgIpc) is 3.17. The molecule has 4 aromatic rings. The summed E-state index contributed by atoms with van der Waals surface area (Å²) in [6, 6.07) is 24.2. The minimum absolute atomic E-state index is 0.598. The van der Waals surface area contributed by atoms with Crippen LogP contribution in [0.2, 0.25) is 0 Å². The molecule has 0 radical (unpaired) electrons. The Morgan fingerprint density at radius 1 is 0.647 bits per heavy atom. The third-order valence-corrected chi connectivity index (χ3v) is 6.43. The Hall–Kier alpha value is -3.16. The number of aromatic nitrogens is 2.